The van der Waals surface area contributed by atoms with E-state index in [1.807, 2.05) is 24.3 Å². The first-order chi connectivity index (χ1) is 7.38. The third kappa shape index (κ3) is 4.74. The van der Waals surface area contributed by atoms with Crippen molar-refractivity contribution in [3.05, 3.63) is 49.1 Å². The fourth-order valence-corrected chi connectivity index (χ4v) is 1.09. The van der Waals surface area contributed by atoms with Gasteiger partial charge in [0, 0.05) is 24.8 Å². The molecule has 0 bridgehead atoms. The zero-order chi connectivity index (χ0) is 10.9. The van der Waals surface area contributed by atoms with Crippen LogP contribution < -0.4 is 0 Å². The first-order valence-electron chi connectivity index (χ1n) is 4.26. The van der Waals surface area contributed by atoms with Gasteiger partial charge in [-0.05, 0) is 35.4 Å². The molecule has 0 atom stereocenters. The fourth-order valence-electron chi connectivity index (χ4n) is 1.09. The fraction of sp³-hybridized carbons (Fsp3) is 0. The average Bonchev–Trinajstić information content (AvgIpc) is 2.32. The van der Waals surface area contributed by atoms with E-state index >= 15 is 0 Å². The van der Waals surface area contributed by atoms with Crippen LogP contribution in [-0.2, 0) is 4.79 Å². The smallest absolute Gasteiger partial charge is 0.0273 e. The van der Waals surface area contributed by atoms with E-state index in [0.717, 1.165) is 0 Å². The van der Waals surface area contributed by atoms with Crippen LogP contribution in [-0.4, -0.2) is 40.4 Å². The topological polar surface area (TPSA) is 63.1 Å². The summed E-state index contributed by atoms with van der Waals surface area (Å²) in [5, 5.41) is 6.89. The van der Waals surface area contributed by atoms with Gasteiger partial charge in [0.2, 0.25) is 0 Å². The molecular weight excluding hydrogens is 199 g/mol. The number of nitrogens with zero attached hydrogens (tertiary/aromatic N) is 2. The second-order valence-corrected chi connectivity index (χ2v) is 2.58. The van der Waals surface area contributed by atoms with E-state index in [1.54, 1.807) is 24.8 Å². The van der Waals surface area contributed by atoms with Crippen molar-refractivity contribution in [2.75, 3.05) is 0 Å². The van der Waals surface area contributed by atoms with Crippen LogP contribution in [0.15, 0.2) is 49.1 Å². The minimum atomic E-state index is -0.250. The molecule has 0 aliphatic heterocycles. The van der Waals surface area contributed by atoms with E-state index < -0.39 is 0 Å². The molecule has 78 valence electrons. The second kappa shape index (κ2) is 8.66. The Balaban J connectivity index is 0.000000511. The summed E-state index contributed by atoms with van der Waals surface area (Å²) in [6, 6.07) is 7.93. The molecule has 5 heteroatoms. The summed E-state index contributed by atoms with van der Waals surface area (Å²) in [6.07, 6.45) is 7.15. The molecule has 0 radical (unpaired) electrons. The van der Waals surface area contributed by atoms with Crippen LogP contribution in [0.1, 0.15) is 0 Å². The van der Waals surface area contributed by atoms with Crippen LogP contribution in [0.5, 0.6) is 0 Å². The van der Waals surface area contributed by atoms with Gasteiger partial charge in [-0.2, -0.15) is 0 Å². The summed E-state index contributed by atoms with van der Waals surface area (Å²) < 4.78 is 0. The summed E-state index contributed by atoms with van der Waals surface area (Å²) in [7, 11) is 0. The third-order valence-corrected chi connectivity index (χ3v) is 1.69. The van der Waals surface area contributed by atoms with Crippen molar-refractivity contribution in [3.8, 4) is 11.1 Å². The standard InChI is InChI=1S/C10H8N2.CH2O2.Li.H/c1-5-11-6-2-9(1)10-3-7-12-8-4-10;2-1-3;;/h1-8H;1H,(H,2,3);;. The van der Waals surface area contributed by atoms with Crippen molar-refractivity contribution in [1.82, 2.24) is 9.97 Å². The van der Waals surface area contributed by atoms with E-state index in [-0.39, 0.29) is 25.3 Å². The van der Waals surface area contributed by atoms with Gasteiger partial charge in [0.15, 0.2) is 0 Å². The average molecular weight is 210 g/mol. The van der Waals surface area contributed by atoms with Crippen molar-refractivity contribution >= 4 is 25.3 Å². The Morgan fingerprint density at radius 3 is 1.38 bits per heavy atom. The number of carboxylic acid groups (broad SMARTS) is 1. The Kier molecular flexibility index (Phi) is 7.77. The molecule has 1 N–H and O–H groups in total. The molecule has 0 amide bonds. The van der Waals surface area contributed by atoms with Gasteiger partial charge in [0.05, 0.1) is 0 Å². The van der Waals surface area contributed by atoms with Crippen LogP contribution >= 0.6 is 0 Å². The molecule has 0 fully saturated rings. The van der Waals surface area contributed by atoms with E-state index in [9.17, 15) is 0 Å². The molecule has 0 aromatic carbocycles. The number of hydrogen-bond acceptors (Lipinski definition) is 3. The predicted octanol–water partition coefficient (Wildman–Crippen LogP) is 1.20. The number of pyridine rings is 2. The number of rotatable bonds is 1. The normalized spacial score (nSPS) is 8.00. The number of aromatic nitrogens is 2. The van der Waals surface area contributed by atoms with Gasteiger partial charge in [-0.15, -0.1) is 0 Å². The summed E-state index contributed by atoms with van der Waals surface area (Å²) in [5.74, 6) is 0. The SMILES string of the molecule is O=CO.[LiH].c1cc(-c2ccncc2)ccn1. The maximum Gasteiger partial charge on any atom is 0.0273 e. The van der Waals surface area contributed by atoms with Crippen LogP contribution in [0.4, 0.5) is 0 Å². The molecular formula is C11H11LiN2O2. The molecule has 16 heavy (non-hydrogen) atoms. The van der Waals surface area contributed by atoms with Crippen molar-refractivity contribution < 1.29 is 9.90 Å². The largest absolute Gasteiger partial charge is 0.265 e. The minimum Gasteiger partial charge on any atom is -0.265 e. The minimum absolute atomic E-state index is 0. The van der Waals surface area contributed by atoms with Gasteiger partial charge in [-0.25, -0.2) is 0 Å². The zero-order valence-corrected chi connectivity index (χ0v) is 7.95. The molecule has 0 saturated carbocycles. The Morgan fingerprint density at radius 2 is 1.12 bits per heavy atom. The Bertz CT molecular complexity index is 358. The van der Waals surface area contributed by atoms with E-state index in [4.69, 9.17) is 9.90 Å². The van der Waals surface area contributed by atoms with E-state index in [2.05, 4.69) is 9.97 Å². The summed E-state index contributed by atoms with van der Waals surface area (Å²) in [4.78, 5) is 16.3. The van der Waals surface area contributed by atoms with Gasteiger partial charge < -0.3 is 5.11 Å². The zero-order valence-electron chi connectivity index (χ0n) is 7.95. The maximum atomic E-state index is 8.36. The van der Waals surface area contributed by atoms with Crippen LogP contribution in [0.3, 0.4) is 0 Å². The first kappa shape index (κ1) is 14.4. The van der Waals surface area contributed by atoms with Gasteiger partial charge in [-0.3, -0.25) is 14.8 Å². The van der Waals surface area contributed by atoms with Gasteiger partial charge in [-0.1, -0.05) is 0 Å². The van der Waals surface area contributed by atoms with Crippen molar-refractivity contribution in [2.45, 2.75) is 0 Å². The predicted molar refractivity (Wildman–Crippen MR) is 63.3 cm³/mol. The molecule has 0 aliphatic rings. The summed E-state index contributed by atoms with van der Waals surface area (Å²) in [5.41, 5.74) is 2.35. The number of hydrogen-bond donors (Lipinski definition) is 1. The number of carbonyl (C=O) groups is 1. The van der Waals surface area contributed by atoms with Gasteiger partial charge in [0.25, 0.3) is 6.47 Å². The molecule has 0 saturated heterocycles. The van der Waals surface area contributed by atoms with Crippen LogP contribution in [0, 0.1) is 0 Å². The Hall–Kier alpha value is -1.63. The van der Waals surface area contributed by atoms with Crippen LogP contribution in [0.25, 0.3) is 11.1 Å². The molecule has 2 aromatic heterocycles. The molecule has 0 unspecified atom stereocenters. The van der Waals surface area contributed by atoms with E-state index in [1.165, 1.54) is 11.1 Å². The molecule has 2 heterocycles. The summed E-state index contributed by atoms with van der Waals surface area (Å²) in [6.45, 7) is -0.250. The Morgan fingerprint density at radius 1 is 0.875 bits per heavy atom. The van der Waals surface area contributed by atoms with Gasteiger partial charge >= 0.3 is 18.9 Å². The molecule has 0 spiro atoms. The van der Waals surface area contributed by atoms with Crippen molar-refractivity contribution in [1.29, 1.82) is 0 Å². The molecule has 4 nitrogen and oxygen atoms in total. The van der Waals surface area contributed by atoms with E-state index in [0.29, 0.717) is 0 Å². The second-order valence-electron chi connectivity index (χ2n) is 2.58. The van der Waals surface area contributed by atoms with Crippen molar-refractivity contribution in [2.24, 2.45) is 0 Å². The molecule has 2 aromatic rings. The van der Waals surface area contributed by atoms with Crippen LogP contribution in [0.2, 0.25) is 0 Å². The maximum absolute atomic E-state index is 8.36. The Labute approximate surface area is 106 Å². The molecule has 0 aliphatic carbocycles. The summed E-state index contributed by atoms with van der Waals surface area (Å²) >= 11 is 0. The quantitative estimate of drug-likeness (QED) is 0.567. The van der Waals surface area contributed by atoms with Crippen molar-refractivity contribution in [3.63, 3.8) is 0 Å². The molecule has 2 rings (SSSR count). The first-order valence-corrected chi connectivity index (χ1v) is 4.26. The monoisotopic (exact) mass is 210 g/mol. The van der Waals surface area contributed by atoms with Gasteiger partial charge in [0.1, 0.15) is 0 Å². The third-order valence-electron chi connectivity index (χ3n) is 1.69.